The minimum atomic E-state index is -4.64. The van der Waals surface area contributed by atoms with Crippen molar-refractivity contribution >= 4 is 27.2 Å². The summed E-state index contributed by atoms with van der Waals surface area (Å²) < 4.78 is 62.9. The number of hydrogen-bond donors (Lipinski definition) is 1. The molecule has 1 aromatic carbocycles. The number of amides is 1. The average molecular weight is 520 g/mol. The van der Waals surface area contributed by atoms with E-state index in [1.807, 2.05) is 0 Å². The van der Waals surface area contributed by atoms with Gasteiger partial charge in [-0.3, -0.25) is 19.6 Å². The number of rotatable bonds is 8. The van der Waals surface area contributed by atoms with E-state index in [0.29, 0.717) is 11.3 Å². The average Bonchev–Trinajstić information content (AvgIpc) is 2.84. The number of alkyl halides is 3. The second-order valence-corrected chi connectivity index (χ2v) is 10.9. The van der Waals surface area contributed by atoms with Gasteiger partial charge in [0.1, 0.15) is 11.4 Å². The maximum atomic E-state index is 13.0. The number of ketones is 1. The van der Waals surface area contributed by atoms with Crippen molar-refractivity contribution in [2.45, 2.75) is 43.7 Å². The molecule has 2 heterocycles. The Morgan fingerprint density at radius 1 is 0.972 bits per heavy atom. The number of nitrogens with zero attached hydrogens (tertiary/aromatic N) is 2. The van der Waals surface area contributed by atoms with E-state index in [1.54, 1.807) is 19.1 Å². The van der Waals surface area contributed by atoms with Gasteiger partial charge in [0, 0.05) is 6.20 Å². The molecule has 190 valence electrons. The molecule has 3 aromatic rings. The lowest BCUT2D eigenvalue weighted by Crippen LogP contribution is -2.30. The Morgan fingerprint density at radius 2 is 1.64 bits per heavy atom. The number of halogens is 3. The summed E-state index contributed by atoms with van der Waals surface area (Å²) >= 11 is 0. The van der Waals surface area contributed by atoms with Gasteiger partial charge in [0.25, 0.3) is 0 Å². The van der Waals surface area contributed by atoms with Crippen molar-refractivity contribution in [1.29, 1.82) is 0 Å². The highest BCUT2D eigenvalue weighted by Gasteiger charge is 2.36. The molecule has 3 rings (SSSR count). The molecule has 0 unspecified atom stereocenters. The van der Waals surface area contributed by atoms with Crippen LogP contribution < -0.4 is 5.32 Å². The van der Waals surface area contributed by atoms with Crippen LogP contribution in [0, 0.1) is 0 Å². The van der Waals surface area contributed by atoms with Crippen molar-refractivity contribution in [3.8, 4) is 0 Å². The van der Waals surface area contributed by atoms with E-state index < -0.39 is 32.9 Å². The molecule has 0 aliphatic heterocycles. The maximum Gasteiger partial charge on any atom is 0.433 e. The number of benzene rings is 1. The van der Waals surface area contributed by atoms with Gasteiger partial charge in [-0.2, -0.15) is 13.2 Å². The van der Waals surface area contributed by atoms with Crippen LogP contribution in [0.3, 0.4) is 0 Å². The topological polar surface area (TPSA) is 106 Å². The molecule has 0 saturated carbocycles. The van der Waals surface area contributed by atoms with Crippen molar-refractivity contribution in [2.24, 2.45) is 0 Å². The van der Waals surface area contributed by atoms with E-state index in [4.69, 9.17) is 0 Å². The fourth-order valence-corrected chi connectivity index (χ4v) is 4.28. The van der Waals surface area contributed by atoms with Gasteiger partial charge in [-0.15, -0.1) is 0 Å². The van der Waals surface area contributed by atoms with Crippen LogP contribution in [-0.4, -0.2) is 35.8 Å². The van der Waals surface area contributed by atoms with Gasteiger partial charge in [-0.05, 0) is 61.4 Å². The van der Waals surface area contributed by atoms with Crippen molar-refractivity contribution in [3.63, 3.8) is 0 Å². The molecule has 0 fully saturated rings. The predicted octanol–water partition coefficient (Wildman–Crippen LogP) is 4.63. The second kappa shape index (κ2) is 10.2. The molecule has 11 heteroatoms. The molecule has 0 atom stereocenters. The van der Waals surface area contributed by atoms with Gasteiger partial charge in [-0.1, -0.05) is 19.1 Å². The molecule has 1 N–H and O–H groups in total. The summed E-state index contributed by atoms with van der Waals surface area (Å²) in [6.07, 6.45) is -2.35. The third-order valence-electron chi connectivity index (χ3n) is 5.65. The fraction of sp³-hybridized carbons (Fsp3) is 0.280. The van der Waals surface area contributed by atoms with E-state index in [0.717, 1.165) is 12.3 Å². The summed E-state index contributed by atoms with van der Waals surface area (Å²) in [6, 6.07) is 11.1. The van der Waals surface area contributed by atoms with E-state index in [9.17, 15) is 31.2 Å². The highest BCUT2D eigenvalue weighted by Crippen LogP contribution is 2.33. The third-order valence-corrected chi connectivity index (χ3v) is 7.40. The summed E-state index contributed by atoms with van der Waals surface area (Å²) in [5, 5.41) is 2.64. The first-order valence-corrected chi connectivity index (χ1v) is 12.6. The van der Waals surface area contributed by atoms with Crippen LogP contribution in [0.15, 0.2) is 65.8 Å². The van der Waals surface area contributed by atoms with Crippen LogP contribution in [0.25, 0.3) is 0 Å². The van der Waals surface area contributed by atoms with Crippen molar-refractivity contribution in [2.75, 3.05) is 11.1 Å². The minimum absolute atomic E-state index is 0.0102. The molecule has 0 bridgehead atoms. The zero-order valence-corrected chi connectivity index (χ0v) is 20.6. The van der Waals surface area contributed by atoms with Crippen molar-refractivity contribution < 1.29 is 31.2 Å². The first kappa shape index (κ1) is 27.0. The van der Waals surface area contributed by atoms with E-state index >= 15 is 0 Å². The van der Waals surface area contributed by atoms with Gasteiger partial charge in [0.05, 0.1) is 34.4 Å². The quantitative estimate of drug-likeness (QED) is 0.435. The molecule has 0 radical (unpaired) electrons. The molecule has 36 heavy (non-hydrogen) atoms. The number of nitrogens with one attached hydrogen (secondary N) is 1. The molecule has 0 spiro atoms. The van der Waals surface area contributed by atoms with Gasteiger partial charge in [-0.25, -0.2) is 8.42 Å². The molecular formula is C25H24F3N3O4S. The van der Waals surface area contributed by atoms with Gasteiger partial charge in [0.2, 0.25) is 5.91 Å². The van der Waals surface area contributed by atoms with E-state index in [1.165, 1.54) is 50.4 Å². The number of anilines is 1. The minimum Gasteiger partial charge on any atom is -0.324 e. The first-order chi connectivity index (χ1) is 16.7. The highest BCUT2D eigenvalue weighted by molar-refractivity contribution is 7.91. The van der Waals surface area contributed by atoms with Crippen LogP contribution >= 0.6 is 0 Å². The Hall–Kier alpha value is -3.60. The summed E-state index contributed by atoms with van der Waals surface area (Å²) in [5.41, 5.74) is -1.29. The largest absolute Gasteiger partial charge is 0.433 e. The van der Waals surface area contributed by atoms with Crippen molar-refractivity contribution in [3.05, 3.63) is 83.4 Å². The number of aromatic nitrogens is 2. The number of sulfone groups is 1. The standard InChI is InChI=1S/C25H24F3N3O4S/c1-4-36(34,35)19-8-5-16(6-9-19)13-22(32)31-18-7-10-20(30-15-18)23(33)24(2,3)17-11-12-29-21(14-17)25(26,27)28/h5-12,14-15H,4,13H2,1-3H3,(H,31,32). The Labute approximate surface area is 206 Å². The molecular weight excluding hydrogens is 495 g/mol. The SMILES string of the molecule is CCS(=O)(=O)c1ccc(CC(=O)Nc2ccc(C(=O)C(C)(C)c3ccnc(C(F)(F)F)c3)nc2)cc1. The molecule has 0 aliphatic rings. The molecule has 0 saturated heterocycles. The third kappa shape index (κ3) is 6.14. The normalized spacial score (nSPS) is 12.3. The zero-order chi connectivity index (χ0) is 26.7. The molecule has 1 amide bonds. The van der Waals surface area contributed by atoms with Crippen LogP contribution in [0.5, 0.6) is 0 Å². The second-order valence-electron chi connectivity index (χ2n) is 8.59. The Kier molecular flexibility index (Phi) is 7.63. The number of Topliss-reactive ketones (excluding diaryl/α,β-unsaturated/α-hetero) is 1. The lowest BCUT2D eigenvalue weighted by Gasteiger charge is -2.24. The Morgan fingerprint density at radius 3 is 2.19 bits per heavy atom. The lowest BCUT2D eigenvalue weighted by atomic mass is 9.79. The summed E-state index contributed by atoms with van der Waals surface area (Å²) in [5.74, 6) is -0.896. The van der Waals surface area contributed by atoms with E-state index in [-0.39, 0.29) is 34.2 Å². The first-order valence-electron chi connectivity index (χ1n) is 10.9. The van der Waals surface area contributed by atoms with Gasteiger partial charge >= 0.3 is 6.18 Å². The van der Waals surface area contributed by atoms with Gasteiger partial charge in [0.15, 0.2) is 15.6 Å². The lowest BCUT2D eigenvalue weighted by molar-refractivity contribution is -0.141. The number of pyridine rings is 2. The number of carbonyl (C=O) groups is 2. The summed E-state index contributed by atoms with van der Waals surface area (Å²) in [6.45, 7) is 4.55. The highest BCUT2D eigenvalue weighted by atomic mass is 32.2. The van der Waals surface area contributed by atoms with Crippen LogP contribution in [0.1, 0.15) is 48.1 Å². The smallest absolute Gasteiger partial charge is 0.324 e. The monoisotopic (exact) mass is 519 g/mol. The fourth-order valence-electron chi connectivity index (χ4n) is 3.40. The summed E-state index contributed by atoms with van der Waals surface area (Å²) in [7, 11) is -3.33. The Bertz CT molecular complexity index is 1370. The zero-order valence-electron chi connectivity index (χ0n) is 19.8. The van der Waals surface area contributed by atoms with Crippen LogP contribution in [0.2, 0.25) is 0 Å². The Balaban J connectivity index is 1.68. The number of hydrogen-bond acceptors (Lipinski definition) is 6. The van der Waals surface area contributed by atoms with Gasteiger partial charge < -0.3 is 5.32 Å². The molecule has 7 nitrogen and oxygen atoms in total. The predicted molar refractivity (Wildman–Crippen MR) is 127 cm³/mol. The maximum absolute atomic E-state index is 13.0. The van der Waals surface area contributed by atoms with Crippen LogP contribution in [0.4, 0.5) is 18.9 Å². The summed E-state index contributed by atoms with van der Waals surface area (Å²) in [4.78, 5) is 33.0. The molecule has 0 aliphatic carbocycles. The van der Waals surface area contributed by atoms with Crippen LogP contribution in [-0.2, 0) is 32.6 Å². The van der Waals surface area contributed by atoms with E-state index in [2.05, 4.69) is 15.3 Å². The number of carbonyl (C=O) groups excluding carboxylic acids is 2. The molecule has 2 aromatic heterocycles. The van der Waals surface area contributed by atoms with Crippen molar-refractivity contribution in [1.82, 2.24) is 9.97 Å².